The first-order valence-corrected chi connectivity index (χ1v) is 9.56. The Labute approximate surface area is 148 Å². The number of esters is 1. The maximum atomic E-state index is 12.3. The maximum absolute atomic E-state index is 12.3. The first-order valence-electron chi connectivity index (χ1n) is 6.44. The van der Waals surface area contributed by atoms with Crippen LogP contribution in [0, 0.1) is 0 Å². The molecule has 0 bridgehead atoms. The van der Waals surface area contributed by atoms with E-state index in [0.717, 1.165) is 16.9 Å². The van der Waals surface area contributed by atoms with Gasteiger partial charge in [-0.15, -0.1) is 11.3 Å². The molecule has 1 aromatic carbocycles. The van der Waals surface area contributed by atoms with Crippen LogP contribution in [0.4, 0.5) is 0 Å². The molecule has 0 radical (unpaired) electrons. The van der Waals surface area contributed by atoms with Crippen LogP contribution in [0.3, 0.4) is 0 Å². The van der Waals surface area contributed by atoms with Crippen LogP contribution in [0.25, 0.3) is 0 Å². The molecule has 0 spiro atoms. The molecule has 2 aromatic rings. The van der Waals surface area contributed by atoms with E-state index in [4.69, 9.17) is 23.2 Å². The summed E-state index contributed by atoms with van der Waals surface area (Å²) in [5.41, 5.74) is 0.848. The molecule has 124 valence electrons. The second-order valence-electron chi connectivity index (χ2n) is 4.50. The Bertz CT molecular complexity index is 818. The van der Waals surface area contributed by atoms with Crippen LogP contribution in [0.1, 0.15) is 15.2 Å². The molecule has 5 nitrogen and oxygen atoms in total. The van der Waals surface area contributed by atoms with E-state index in [0.29, 0.717) is 16.5 Å². The van der Waals surface area contributed by atoms with Gasteiger partial charge in [-0.05, 0) is 35.6 Å². The zero-order chi connectivity index (χ0) is 17.0. The summed E-state index contributed by atoms with van der Waals surface area (Å²) >= 11 is 12.8. The molecule has 0 aliphatic carbocycles. The molecule has 0 saturated carbocycles. The van der Waals surface area contributed by atoms with Crippen molar-refractivity contribution in [2.24, 2.45) is 0 Å². The third kappa shape index (κ3) is 4.45. The van der Waals surface area contributed by atoms with Crippen molar-refractivity contribution in [3.63, 3.8) is 0 Å². The van der Waals surface area contributed by atoms with Gasteiger partial charge in [-0.3, -0.25) is 0 Å². The number of nitrogens with one attached hydrogen (secondary N) is 1. The fraction of sp³-hybridized carbons (Fsp3) is 0.214. The van der Waals surface area contributed by atoms with Crippen LogP contribution < -0.4 is 4.72 Å². The van der Waals surface area contributed by atoms with Gasteiger partial charge in [0.25, 0.3) is 0 Å². The van der Waals surface area contributed by atoms with Crippen LogP contribution in [0.5, 0.6) is 0 Å². The highest BCUT2D eigenvalue weighted by Gasteiger charge is 2.24. The normalized spacial score (nSPS) is 11.4. The average Bonchev–Trinajstić information content (AvgIpc) is 3.00. The maximum Gasteiger partial charge on any atom is 0.349 e. The highest BCUT2D eigenvalue weighted by atomic mass is 35.5. The number of thiophene rings is 1. The van der Waals surface area contributed by atoms with Crippen LogP contribution in [-0.2, 0) is 21.2 Å². The van der Waals surface area contributed by atoms with E-state index in [2.05, 4.69) is 9.46 Å². The van der Waals surface area contributed by atoms with Crippen molar-refractivity contribution in [2.45, 2.75) is 11.3 Å². The first-order chi connectivity index (χ1) is 10.8. The lowest BCUT2D eigenvalue weighted by Gasteiger charge is -2.07. The molecule has 0 aliphatic heterocycles. The molecule has 2 rings (SSSR count). The number of hydrogen-bond donors (Lipinski definition) is 1. The van der Waals surface area contributed by atoms with E-state index in [1.165, 1.54) is 18.6 Å². The number of methoxy groups -OCH3 is 1. The molecule has 0 atom stereocenters. The third-order valence-electron chi connectivity index (χ3n) is 2.98. The minimum absolute atomic E-state index is 0.0505. The van der Waals surface area contributed by atoms with Gasteiger partial charge in [-0.1, -0.05) is 29.3 Å². The topological polar surface area (TPSA) is 72.5 Å². The lowest BCUT2D eigenvalue weighted by atomic mass is 10.1. The summed E-state index contributed by atoms with van der Waals surface area (Å²) in [6.45, 7) is 0.163. The quantitative estimate of drug-likeness (QED) is 0.763. The highest BCUT2D eigenvalue weighted by molar-refractivity contribution is 7.89. The first kappa shape index (κ1) is 18.2. The second kappa shape index (κ2) is 7.63. The van der Waals surface area contributed by atoms with Crippen molar-refractivity contribution < 1.29 is 17.9 Å². The number of sulfonamides is 1. The predicted octanol–water partition coefficient (Wildman–Crippen LogP) is 3.36. The Balaban J connectivity index is 2.06. The lowest BCUT2D eigenvalue weighted by molar-refractivity contribution is 0.0602. The van der Waals surface area contributed by atoms with E-state index in [1.807, 2.05) is 0 Å². The zero-order valence-corrected chi connectivity index (χ0v) is 15.2. The fourth-order valence-electron chi connectivity index (χ4n) is 1.85. The molecule has 0 unspecified atom stereocenters. The zero-order valence-electron chi connectivity index (χ0n) is 12.0. The number of carbonyl (C=O) groups is 1. The molecule has 0 amide bonds. The molecule has 1 heterocycles. The summed E-state index contributed by atoms with van der Waals surface area (Å²) in [5.74, 6) is -0.676. The van der Waals surface area contributed by atoms with E-state index >= 15 is 0 Å². The van der Waals surface area contributed by atoms with Crippen molar-refractivity contribution >= 4 is 50.5 Å². The Morgan fingerprint density at radius 2 is 2.00 bits per heavy atom. The summed E-state index contributed by atoms with van der Waals surface area (Å²) in [5, 5.41) is 2.38. The lowest BCUT2D eigenvalue weighted by Crippen LogP contribution is -2.27. The van der Waals surface area contributed by atoms with Gasteiger partial charge in [0.2, 0.25) is 10.0 Å². The number of hydrogen-bond acceptors (Lipinski definition) is 5. The monoisotopic (exact) mass is 393 g/mol. The largest absolute Gasteiger partial charge is 0.465 e. The van der Waals surface area contributed by atoms with E-state index in [1.54, 1.807) is 18.2 Å². The van der Waals surface area contributed by atoms with Crippen molar-refractivity contribution in [1.82, 2.24) is 4.72 Å². The van der Waals surface area contributed by atoms with E-state index in [-0.39, 0.29) is 16.3 Å². The third-order valence-corrected chi connectivity index (χ3v) is 6.25. The van der Waals surface area contributed by atoms with Crippen molar-refractivity contribution in [3.05, 3.63) is 50.1 Å². The van der Waals surface area contributed by atoms with Gasteiger partial charge in [-0.25, -0.2) is 17.9 Å². The van der Waals surface area contributed by atoms with E-state index < -0.39 is 16.0 Å². The Morgan fingerprint density at radius 1 is 1.26 bits per heavy atom. The standard InChI is InChI=1S/C14H13Cl2NO4S2/c1-21-14(18)13-12(5-7-22-13)23(19,20)17-6-4-9-2-3-10(15)11(16)8-9/h2-3,5,7-8,17H,4,6H2,1H3. The van der Waals surface area contributed by atoms with Gasteiger partial charge in [0.15, 0.2) is 0 Å². The summed E-state index contributed by atoms with van der Waals surface area (Å²) in [6.07, 6.45) is 0.438. The summed E-state index contributed by atoms with van der Waals surface area (Å²) in [6, 6.07) is 6.48. The number of carbonyl (C=O) groups excluding carboxylic acids is 1. The number of benzene rings is 1. The fourth-order valence-corrected chi connectivity index (χ4v) is 4.54. The molecule has 1 N–H and O–H groups in total. The molecule has 23 heavy (non-hydrogen) atoms. The molecule has 0 saturated heterocycles. The molecule has 0 aliphatic rings. The molecule has 0 fully saturated rings. The van der Waals surface area contributed by atoms with Gasteiger partial charge in [0.1, 0.15) is 9.77 Å². The van der Waals surface area contributed by atoms with Crippen LogP contribution >= 0.6 is 34.5 Å². The van der Waals surface area contributed by atoms with Gasteiger partial charge in [-0.2, -0.15) is 0 Å². The van der Waals surface area contributed by atoms with Gasteiger partial charge < -0.3 is 4.74 Å². The van der Waals surface area contributed by atoms with Crippen LogP contribution in [0.2, 0.25) is 10.0 Å². The average molecular weight is 394 g/mol. The minimum atomic E-state index is -3.79. The van der Waals surface area contributed by atoms with Crippen LogP contribution in [0.15, 0.2) is 34.5 Å². The Morgan fingerprint density at radius 3 is 2.65 bits per heavy atom. The minimum Gasteiger partial charge on any atom is -0.465 e. The van der Waals surface area contributed by atoms with Crippen LogP contribution in [-0.4, -0.2) is 28.0 Å². The molecular formula is C14H13Cl2NO4S2. The van der Waals surface area contributed by atoms with Gasteiger partial charge in [0.05, 0.1) is 17.2 Å². The van der Waals surface area contributed by atoms with Gasteiger partial charge in [0, 0.05) is 6.54 Å². The summed E-state index contributed by atoms with van der Waals surface area (Å²) in [4.78, 5) is 11.5. The highest BCUT2D eigenvalue weighted by Crippen LogP contribution is 2.24. The van der Waals surface area contributed by atoms with Gasteiger partial charge >= 0.3 is 5.97 Å². The smallest absolute Gasteiger partial charge is 0.349 e. The molecule has 1 aromatic heterocycles. The van der Waals surface area contributed by atoms with Crippen molar-refractivity contribution in [2.75, 3.05) is 13.7 Å². The Hall–Kier alpha value is -1.12. The van der Waals surface area contributed by atoms with E-state index in [9.17, 15) is 13.2 Å². The Kier molecular flexibility index (Phi) is 6.05. The number of rotatable bonds is 6. The molecule has 9 heteroatoms. The predicted molar refractivity (Wildman–Crippen MR) is 91.0 cm³/mol. The number of ether oxygens (including phenoxy) is 1. The van der Waals surface area contributed by atoms with Crippen molar-refractivity contribution in [3.8, 4) is 0 Å². The summed E-state index contributed by atoms with van der Waals surface area (Å²) in [7, 11) is -2.59. The number of halogens is 2. The van der Waals surface area contributed by atoms with Crippen molar-refractivity contribution in [1.29, 1.82) is 0 Å². The summed E-state index contributed by atoms with van der Waals surface area (Å²) < 4.78 is 31.6. The SMILES string of the molecule is COC(=O)c1sccc1S(=O)(=O)NCCc1ccc(Cl)c(Cl)c1. The molecular weight excluding hydrogens is 381 g/mol. The second-order valence-corrected chi connectivity index (χ2v) is 7.97.